The molecule has 0 spiro atoms. The van der Waals surface area contributed by atoms with Crippen molar-refractivity contribution in [2.45, 2.75) is 0 Å². The summed E-state index contributed by atoms with van der Waals surface area (Å²) in [5, 5.41) is 3.39. The molecule has 5 nitrogen and oxygen atoms in total. The molecule has 0 saturated carbocycles. The van der Waals surface area contributed by atoms with Gasteiger partial charge in [0.25, 0.3) is 0 Å². The number of rotatable bonds is 2. The largest absolute Gasteiger partial charge is 0.337 e. The molecule has 0 fully saturated rings. The number of hydrogen-bond acceptors (Lipinski definition) is 3. The third-order valence-electron chi connectivity index (χ3n) is 2.34. The number of halogens is 1. The van der Waals surface area contributed by atoms with Gasteiger partial charge in [-0.25, -0.2) is 4.98 Å². The summed E-state index contributed by atoms with van der Waals surface area (Å²) in [6.07, 6.45) is 1.69. The van der Waals surface area contributed by atoms with E-state index in [9.17, 15) is 0 Å². The van der Waals surface area contributed by atoms with E-state index in [0.717, 1.165) is 11.2 Å². The van der Waals surface area contributed by atoms with Crippen molar-refractivity contribution in [2.24, 2.45) is 0 Å². The Bertz CT molecular complexity index is 649. The van der Waals surface area contributed by atoms with Crippen molar-refractivity contribution < 1.29 is 4.98 Å². The number of imidazole rings is 1. The Morgan fingerprint density at radius 1 is 1.18 bits per heavy atom. The van der Waals surface area contributed by atoms with Crippen LogP contribution in [0.15, 0.2) is 36.7 Å². The standard InChI is InChI=1S/C11H8ClN5/c12-11-16-9-8(13-6-14-9)10(17-11)15-7-4-2-1-3-5-7/h1-6H,(H2,13,14,15,16,17)/p+1. The molecule has 0 aliphatic carbocycles. The normalized spacial score (nSPS) is 10.6. The van der Waals surface area contributed by atoms with Crippen LogP contribution in [0, 0.1) is 0 Å². The number of aromatic amines is 2. The van der Waals surface area contributed by atoms with Gasteiger partial charge in [0.05, 0.1) is 0 Å². The van der Waals surface area contributed by atoms with Gasteiger partial charge in [0.15, 0.2) is 12.1 Å². The number of para-hydroxylation sites is 1. The summed E-state index contributed by atoms with van der Waals surface area (Å²) in [5.74, 6) is 0.646. The summed E-state index contributed by atoms with van der Waals surface area (Å²) >= 11 is 5.85. The summed E-state index contributed by atoms with van der Waals surface area (Å²) < 4.78 is 0. The molecule has 2 heterocycles. The van der Waals surface area contributed by atoms with E-state index in [0.29, 0.717) is 11.5 Å². The molecule has 0 aliphatic rings. The van der Waals surface area contributed by atoms with Crippen LogP contribution in [0.3, 0.4) is 0 Å². The van der Waals surface area contributed by atoms with Gasteiger partial charge < -0.3 is 5.32 Å². The molecule has 1 aromatic carbocycles. The van der Waals surface area contributed by atoms with Gasteiger partial charge in [-0.2, -0.15) is 4.98 Å². The van der Waals surface area contributed by atoms with Crippen LogP contribution in [0.2, 0.25) is 5.28 Å². The zero-order valence-corrected chi connectivity index (χ0v) is 9.49. The second kappa shape index (κ2) is 4.03. The average molecular weight is 247 g/mol. The van der Waals surface area contributed by atoms with E-state index in [1.165, 1.54) is 0 Å². The van der Waals surface area contributed by atoms with E-state index in [1.54, 1.807) is 6.33 Å². The highest BCUT2D eigenvalue weighted by atomic mass is 35.5. The van der Waals surface area contributed by atoms with Crippen LogP contribution in [-0.2, 0) is 0 Å². The fraction of sp³-hybridized carbons (Fsp3) is 0. The maximum Gasteiger partial charge on any atom is 0.306 e. The summed E-state index contributed by atoms with van der Waals surface area (Å²) in [5.41, 5.74) is 2.40. The van der Waals surface area contributed by atoms with E-state index in [4.69, 9.17) is 11.6 Å². The van der Waals surface area contributed by atoms with Crippen molar-refractivity contribution in [3.05, 3.63) is 41.9 Å². The summed E-state index contributed by atoms with van der Waals surface area (Å²) in [6.45, 7) is 0. The van der Waals surface area contributed by atoms with Crippen molar-refractivity contribution >= 4 is 34.3 Å². The molecule has 0 amide bonds. The van der Waals surface area contributed by atoms with Crippen molar-refractivity contribution in [3.8, 4) is 0 Å². The second-order valence-electron chi connectivity index (χ2n) is 3.49. The average Bonchev–Trinajstić information content (AvgIpc) is 2.78. The Morgan fingerprint density at radius 3 is 2.82 bits per heavy atom. The third-order valence-corrected chi connectivity index (χ3v) is 2.51. The van der Waals surface area contributed by atoms with E-state index in [1.807, 2.05) is 30.3 Å². The number of aromatic nitrogens is 4. The van der Waals surface area contributed by atoms with Crippen molar-refractivity contribution in [3.63, 3.8) is 0 Å². The summed E-state index contributed by atoms with van der Waals surface area (Å²) in [7, 11) is 0. The predicted molar refractivity (Wildman–Crippen MR) is 65.2 cm³/mol. The second-order valence-corrected chi connectivity index (χ2v) is 3.83. The number of nitrogens with zero attached hydrogens (tertiary/aromatic N) is 2. The van der Waals surface area contributed by atoms with Gasteiger partial charge in [-0.05, 0) is 23.7 Å². The highest BCUT2D eigenvalue weighted by Gasteiger charge is 2.14. The molecule has 0 bridgehead atoms. The molecular weight excluding hydrogens is 238 g/mol. The lowest BCUT2D eigenvalue weighted by Gasteiger charge is -2.03. The van der Waals surface area contributed by atoms with Crippen molar-refractivity contribution in [1.82, 2.24) is 15.0 Å². The molecule has 3 N–H and O–H groups in total. The molecule has 2 aromatic heterocycles. The van der Waals surface area contributed by atoms with Gasteiger partial charge in [0.1, 0.15) is 0 Å². The van der Waals surface area contributed by atoms with E-state index in [-0.39, 0.29) is 5.28 Å². The van der Waals surface area contributed by atoms with Gasteiger partial charge >= 0.3 is 10.9 Å². The maximum absolute atomic E-state index is 5.85. The van der Waals surface area contributed by atoms with Gasteiger partial charge in [-0.1, -0.05) is 23.2 Å². The minimum atomic E-state index is 0.201. The first-order valence-electron chi connectivity index (χ1n) is 5.07. The lowest BCUT2D eigenvalue weighted by molar-refractivity contribution is -0.347. The highest BCUT2D eigenvalue weighted by molar-refractivity contribution is 6.28. The quantitative estimate of drug-likeness (QED) is 0.681. The summed E-state index contributed by atoms with van der Waals surface area (Å²) in [4.78, 5) is 14.2. The van der Waals surface area contributed by atoms with Gasteiger partial charge in [0, 0.05) is 5.69 Å². The van der Waals surface area contributed by atoms with Crippen molar-refractivity contribution in [2.75, 3.05) is 5.32 Å². The predicted octanol–water partition coefficient (Wildman–Crippen LogP) is 2.17. The molecular formula is C11H9ClN5+. The van der Waals surface area contributed by atoms with Crippen LogP contribution in [0.4, 0.5) is 11.5 Å². The molecule has 84 valence electrons. The Hall–Kier alpha value is -2.14. The monoisotopic (exact) mass is 246 g/mol. The van der Waals surface area contributed by atoms with Crippen LogP contribution in [0.1, 0.15) is 0 Å². The van der Waals surface area contributed by atoms with Crippen LogP contribution in [0.5, 0.6) is 0 Å². The number of anilines is 2. The van der Waals surface area contributed by atoms with Crippen LogP contribution >= 0.6 is 11.6 Å². The molecule has 0 unspecified atom stereocenters. The van der Waals surface area contributed by atoms with Crippen LogP contribution in [-0.4, -0.2) is 15.0 Å². The fourth-order valence-electron chi connectivity index (χ4n) is 1.60. The SMILES string of the molecule is Clc1nc(Nc2ccccc2)c2[nH]c[nH+]c2n1. The fourth-order valence-corrected chi connectivity index (χ4v) is 1.77. The molecule has 0 saturated heterocycles. The number of H-pyrrole nitrogens is 2. The molecule has 0 atom stereocenters. The minimum absolute atomic E-state index is 0.201. The van der Waals surface area contributed by atoms with E-state index >= 15 is 0 Å². The lowest BCUT2D eigenvalue weighted by Crippen LogP contribution is -2.01. The van der Waals surface area contributed by atoms with Gasteiger partial charge in [0.2, 0.25) is 5.52 Å². The lowest BCUT2D eigenvalue weighted by atomic mass is 10.3. The third kappa shape index (κ3) is 1.92. The van der Waals surface area contributed by atoms with Gasteiger partial charge in [-0.15, -0.1) is 0 Å². The molecule has 17 heavy (non-hydrogen) atoms. The summed E-state index contributed by atoms with van der Waals surface area (Å²) in [6, 6.07) is 9.76. The molecule has 0 radical (unpaired) electrons. The number of nitrogens with one attached hydrogen (secondary N) is 3. The van der Waals surface area contributed by atoms with Crippen LogP contribution in [0.25, 0.3) is 11.2 Å². The van der Waals surface area contributed by atoms with Crippen LogP contribution < -0.4 is 10.3 Å². The minimum Gasteiger partial charge on any atom is -0.337 e. The molecule has 6 heteroatoms. The number of benzene rings is 1. The first-order chi connectivity index (χ1) is 8.33. The smallest absolute Gasteiger partial charge is 0.306 e. The van der Waals surface area contributed by atoms with Gasteiger partial charge in [-0.3, -0.25) is 4.98 Å². The topological polar surface area (TPSA) is 67.7 Å². The Labute approximate surface area is 102 Å². The molecule has 3 rings (SSSR count). The van der Waals surface area contributed by atoms with E-state index < -0.39 is 0 Å². The Kier molecular flexibility index (Phi) is 2.38. The highest BCUT2D eigenvalue weighted by Crippen LogP contribution is 2.21. The number of hydrogen-bond donors (Lipinski definition) is 2. The number of fused-ring (bicyclic) bond motifs is 1. The molecule has 0 aliphatic heterocycles. The Balaban J connectivity index is 2.08. The maximum atomic E-state index is 5.85. The first-order valence-corrected chi connectivity index (χ1v) is 5.45. The van der Waals surface area contributed by atoms with Crippen molar-refractivity contribution in [1.29, 1.82) is 0 Å². The first kappa shape index (κ1) is 10.0. The zero-order chi connectivity index (χ0) is 11.7. The molecule has 3 aromatic rings. The Morgan fingerprint density at radius 2 is 2.00 bits per heavy atom. The van der Waals surface area contributed by atoms with E-state index in [2.05, 4.69) is 25.3 Å². The zero-order valence-electron chi connectivity index (χ0n) is 8.74.